The Balaban J connectivity index is 1.33. The summed E-state index contributed by atoms with van der Waals surface area (Å²) in [6.07, 6.45) is 6.04. The summed E-state index contributed by atoms with van der Waals surface area (Å²) in [6.45, 7) is 3.58. The number of hydrogen-bond acceptors (Lipinski definition) is 6. The molecule has 7 rings (SSSR count). The molecule has 4 aliphatic rings. The van der Waals surface area contributed by atoms with E-state index in [1.54, 1.807) is 43.3 Å². The predicted molar refractivity (Wildman–Crippen MR) is 179 cm³/mol. The van der Waals surface area contributed by atoms with E-state index in [4.69, 9.17) is 27.9 Å². The summed E-state index contributed by atoms with van der Waals surface area (Å²) < 4.78 is 19.4. The predicted octanol–water partition coefficient (Wildman–Crippen LogP) is 7.14. The number of aryl methyl sites for hydroxylation is 1. The summed E-state index contributed by atoms with van der Waals surface area (Å²) in [7, 11) is 1.44. The molecule has 1 N–H and O–H groups in total. The van der Waals surface area contributed by atoms with E-state index in [9.17, 15) is 28.7 Å². The number of imide groups is 2. The van der Waals surface area contributed by atoms with E-state index < -0.39 is 52.6 Å². The number of rotatable bonds is 5. The second kappa shape index (κ2) is 11.6. The van der Waals surface area contributed by atoms with Crippen LogP contribution in [-0.4, -0.2) is 35.8 Å². The number of phenolic OH excluding ortho intramolecular Hbond substituents is 1. The van der Waals surface area contributed by atoms with E-state index in [2.05, 4.69) is 0 Å². The number of fused-ring (bicyclic) bond motifs is 4. The van der Waals surface area contributed by atoms with Crippen LogP contribution in [0.4, 0.5) is 15.8 Å². The Kier molecular flexibility index (Phi) is 7.75. The largest absolute Gasteiger partial charge is 0.504 e. The van der Waals surface area contributed by atoms with Crippen LogP contribution >= 0.6 is 23.2 Å². The SMILES string of the molecule is COc1cc(C=C[C@H]2C3=CC[C@@H]4C(=O)N(c5ccc(C)c(Cl)c5)C(=O)[C@@H]4[C@@H]3C[C@H]3C(=O)N(c4ccc(F)c(Cl)c4)C(=O)[C@@]23C)ccc1O. The third-order valence-corrected chi connectivity index (χ3v) is 11.3. The third-order valence-electron chi connectivity index (χ3n) is 10.6. The van der Waals surface area contributed by atoms with Gasteiger partial charge in [0.1, 0.15) is 5.82 Å². The van der Waals surface area contributed by atoms with Crippen molar-refractivity contribution in [3.8, 4) is 11.5 Å². The first kappa shape index (κ1) is 32.1. The number of ether oxygens (including phenoxy) is 1. The van der Waals surface area contributed by atoms with Gasteiger partial charge in [-0.25, -0.2) is 14.2 Å². The lowest BCUT2D eigenvalue weighted by atomic mass is 9.52. The normalized spacial score (nSPS) is 28.1. The van der Waals surface area contributed by atoms with Crippen LogP contribution in [0.25, 0.3) is 6.08 Å². The van der Waals surface area contributed by atoms with Crippen LogP contribution in [0.2, 0.25) is 10.0 Å². The number of aromatic hydroxyl groups is 1. The van der Waals surface area contributed by atoms with Crippen LogP contribution in [-0.2, 0) is 19.2 Å². The van der Waals surface area contributed by atoms with Crippen LogP contribution in [0.15, 0.2) is 72.3 Å². The number of nitrogens with zero attached hydrogens (tertiary/aromatic N) is 2. The number of anilines is 2. The van der Waals surface area contributed by atoms with E-state index in [0.29, 0.717) is 16.3 Å². The van der Waals surface area contributed by atoms with Crippen molar-refractivity contribution in [2.24, 2.45) is 35.0 Å². The van der Waals surface area contributed by atoms with E-state index in [-0.39, 0.29) is 46.9 Å². The van der Waals surface area contributed by atoms with Crippen LogP contribution < -0.4 is 14.5 Å². The zero-order chi connectivity index (χ0) is 34.2. The minimum absolute atomic E-state index is 0.0329. The van der Waals surface area contributed by atoms with Crippen molar-refractivity contribution in [3.05, 3.63) is 99.3 Å². The first-order valence-electron chi connectivity index (χ1n) is 15.6. The standard InChI is InChI=1S/C37H31Cl2FN2O6/c1-18-4-7-20(15-27(18)38)41-33(44)23-10-9-22-24(32(23)35(41)46)17-26-34(45)42(21-8-12-29(40)28(39)16-21)36(47)37(26,2)25(22)11-5-19-6-13-30(43)31(14-19)48-3/h4-9,11-16,23-26,32,43H,10,17H2,1-3H3/t23-,24+,25-,26-,32-,37-/m0/s1. The maximum absolute atomic E-state index is 14.5. The molecule has 2 heterocycles. The Morgan fingerprint density at radius 3 is 2.33 bits per heavy atom. The smallest absolute Gasteiger partial charge is 0.241 e. The van der Waals surface area contributed by atoms with Crippen molar-refractivity contribution in [2.45, 2.75) is 26.7 Å². The molecule has 8 nitrogen and oxygen atoms in total. The van der Waals surface area contributed by atoms with Crippen molar-refractivity contribution in [1.29, 1.82) is 0 Å². The highest BCUT2D eigenvalue weighted by atomic mass is 35.5. The maximum Gasteiger partial charge on any atom is 0.241 e. The van der Waals surface area contributed by atoms with Gasteiger partial charge in [-0.15, -0.1) is 0 Å². The van der Waals surface area contributed by atoms with Gasteiger partial charge in [-0.2, -0.15) is 0 Å². The summed E-state index contributed by atoms with van der Waals surface area (Å²) >= 11 is 12.5. The number of amides is 4. The fraction of sp³-hybridized carbons (Fsp3) is 0.297. The summed E-state index contributed by atoms with van der Waals surface area (Å²) in [4.78, 5) is 59.0. The zero-order valence-electron chi connectivity index (χ0n) is 26.2. The Bertz CT molecular complexity index is 1990. The molecule has 3 fully saturated rings. The molecule has 0 aromatic heterocycles. The molecule has 0 radical (unpaired) electrons. The number of carbonyl (C=O) groups excluding carboxylic acids is 4. The van der Waals surface area contributed by atoms with Gasteiger partial charge in [0.2, 0.25) is 23.6 Å². The van der Waals surface area contributed by atoms with Crippen molar-refractivity contribution in [1.82, 2.24) is 0 Å². The molecular weight excluding hydrogens is 658 g/mol. The highest BCUT2D eigenvalue weighted by Gasteiger charge is 2.67. The van der Waals surface area contributed by atoms with Gasteiger partial charge in [0.15, 0.2) is 11.5 Å². The molecule has 4 amide bonds. The molecule has 0 spiro atoms. The lowest BCUT2D eigenvalue weighted by Gasteiger charge is -2.47. The third kappa shape index (κ3) is 4.70. The summed E-state index contributed by atoms with van der Waals surface area (Å²) in [5.74, 6) is -5.49. The van der Waals surface area contributed by atoms with Gasteiger partial charge in [0.25, 0.3) is 0 Å². The topological polar surface area (TPSA) is 104 Å². The molecular formula is C37H31Cl2FN2O6. The fourth-order valence-electron chi connectivity index (χ4n) is 8.07. The van der Waals surface area contributed by atoms with E-state index in [1.807, 2.05) is 19.1 Å². The van der Waals surface area contributed by atoms with Gasteiger partial charge >= 0.3 is 0 Å². The maximum atomic E-state index is 14.5. The van der Waals surface area contributed by atoms with Crippen LogP contribution in [0.3, 0.4) is 0 Å². The highest BCUT2D eigenvalue weighted by molar-refractivity contribution is 6.32. The minimum atomic E-state index is -1.28. The molecule has 3 aromatic rings. The van der Waals surface area contributed by atoms with Crippen molar-refractivity contribution in [3.63, 3.8) is 0 Å². The van der Waals surface area contributed by atoms with Gasteiger partial charge in [-0.1, -0.05) is 59.1 Å². The monoisotopic (exact) mass is 688 g/mol. The van der Waals surface area contributed by atoms with Crippen LogP contribution in [0.5, 0.6) is 11.5 Å². The van der Waals surface area contributed by atoms with Gasteiger partial charge in [-0.3, -0.25) is 19.2 Å². The second-order valence-electron chi connectivity index (χ2n) is 13.0. The van der Waals surface area contributed by atoms with Crippen molar-refractivity contribution >= 4 is 64.3 Å². The Hall–Kier alpha value is -4.47. The van der Waals surface area contributed by atoms with Gasteiger partial charge in [0, 0.05) is 10.9 Å². The molecule has 0 bridgehead atoms. The number of hydrogen-bond donors (Lipinski definition) is 1. The molecule has 6 atom stereocenters. The van der Waals surface area contributed by atoms with E-state index in [0.717, 1.165) is 22.1 Å². The van der Waals surface area contributed by atoms with Crippen LogP contribution in [0.1, 0.15) is 30.9 Å². The molecule has 2 aliphatic carbocycles. The van der Waals surface area contributed by atoms with Crippen LogP contribution in [0, 0.1) is 47.7 Å². The number of phenols is 1. The van der Waals surface area contributed by atoms with E-state index in [1.165, 1.54) is 30.2 Å². The fourth-order valence-corrected chi connectivity index (χ4v) is 8.42. The summed E-state index contributed by atoms with van der Waals surface area (Å²) in [5, 5.41) is 10.3. The Morgan fingerprint density at radius 1 is 0.917 bits per heavy atom. The number of allylic oxidation sites excluding steroid dienone is 3. The number of carbonyl (C=O) groups is 4. The molecule has 3 aromatic carbocycles. The lowest BCUT2D eigenvalue weighted by molar-refractivity contribution is -0.132. The highest BCUT2D eigenvalue weighted by Crippen LogP contribution is 2.61. The van der Waals surface area contributed by atoms with E-state index >= 15 is 0 Å². The average Bonchev–Trinajstić information content (AvgIpc) is 3.43. The molecule has 2 saturated heterocycles. The number of halogens is 3. The summed E-state index contributed by atoms with van der Waals surface area (Å²) in [5.41, 5.74) is 1.56. The Morgan fingerprint density at radius 2 is 1.62 bits per heavy atom. The van der Waals surface area contributed by atoms with Crippen molar-refractivity contribution < 1.29 is 33.4 Å². The second-order valence-corrected chi connectivity index (χ2v) is 13.9. The molecule has 246 valence electrons. The first-order valence-corrected chi connectivity index (χ1v) is 16.3. The first-order chi connectivity index (χ1) is 22.9. The van der Waals surface area contributed by atoms with Gasteiger partial charge in [0.05, 0.1) is 46.7 Å². The minimum Gasteiger partial charge on any atom is -0.504 e. The molecule has 0 unspecified atom stereocenters. The van der Waals surface area contributed by atoms with Gasteiger partial charge < -0.3 is 9.84 Å². The quantitative estimate of drug-likeness (QED) is 0.226. The number of methoxy groups -OCH3 is 1. The Labute approximate surface area is 286 Å². The summed E-state index contributed by atoms with van der Waals surface area (Å²) in [6, 6.07) is 13.6. The lowest BCUT2D eigenvalue weighted by Crippen LogP contribution is -2.49. The van der Waals surface area contributed by atoms with Crippen molar-refractivity contribution in [2.75, 3.05) is 16.9 Å². The molecule has 1 saturated carbocycles. The van der Waals surface area contributed by atoms with Gasteiger partial charge in [-0.05, 0) is 86.2 Å². The number of benzene rings is 3. The molecule has 2 aliphatic heterocycles. The molecule has 48 heavy (non-hydrogen) atoms. The average molecular weight is 690 g/mol. The molecule has 11 heteroatoms. The zero-order valence-corrected chi connectivity index (χ0v) is 27.8.